The molecule has 9 nitrogen and oxygen atoms in total. The van der Waals surface area contributed by atoms with E-state index in [2.05, 4.69) is 21.7 Å². The highest BCUT2D eigenvalue weighted by atomic mass is 19.4. The first-order valence-electron chi connectivity index (χ1n) is 11.2. The van der Waals surface area contributed by atoms with E-state index in [1.165, 1.54) is 27.6 Å². The molecule has 188 valence electrons. The molecule has 1 aliphatic rings. The van der Waals surface area contributed by atoms with Crippen molar-refractivity contribution < 1.29 is 18.3 Å². The molecule has 0 aliphatic carbocycles. The van der Waals surface area contributed by atoms with Gasteiger partial charge in [-0.2, -0.15) is 22.8 Å². The van der Waals surface area contributed by atoms with Crippen molar-refractivity contribution in [1.29, 1.82) is 0 Å². The number of benzene rings is 1. The van der Waals surface area contributed by atoms with Crippen LogP contribution >= 0.6 is 0 Å². The second kappa shape index (κ2) is 9.16. The minimum Gasteiger partial charge on any atom is -0.390 e. The topological polar surface area (TPSA) is 112 Å². The molecule has 12 heteroatoms. The molecule has 1 N–H and O–H groups in total. The summed E-state index contributed by atoms with van der Waals surface area (Å²) in [5, 5.41) is 14.2. The molecule has 1 aromatic carbocycles. The summed E-state index contributed by atoms with van der Waals surface area (Å²) in [6.45, 7) is 4.84. The van der Waals surface area contributed by atoms with Gasteiger partial charge in [-0.05, 0) is 35.6 Å². The van der Waals surface area contributed by atoms with Gasteiger partial charge in [-0.3, -0.25) is 14.3 Å². The number of aliphatic hydroxyl groups is 1. The van der Waals surface area contributed by atoms with E-state index >= 15 is 0 Å². The van der Waals surface area contributed by atoms with E-state index in [1.54, 1.807) is 18.2 Å². The molecular weight excluding hydrogens is 487 g/mol. The Balaban J connectivity index is 1.54. The number of fused-ring (bicyclic) bond motifs is 3. The lowest BCUT2D eigenvalue weighted by molar-refractivity contribution is -0.137. The molecule has 0 bridgehead atoms. The van der Waals surface area contributed by atoms with E-state index in [0.717, 1.165) is 28.9 Å². The van der Waals surface area contributed by atoms with E-state index in [-0.39, 0.29) is 12.3 Å². The first kappa shape index (κ1) is 24.2. The minimum atomic E-state index is -4.49. The van der Waals surface area contributed by atoms with E-state index in [9.17, 15) is 23.1 Å². The van der Waals surface area contributed by atoms with E-state index in [0.29, 0.717) is 42.0 Å². The average molecular weight is 507 g/mol. The molecule has 4 aromatic rings. The molecular formula is C25H20F3N7O2. The number of rotatable bonds is 5. The molecule has 0 radical (unpaired) electrons. The van der Waals surface area contributed by atoms with Gasteiger partial charge in [0.05, 0.1) is 23.6 Å². The Bertz CT molecular complexity index is 1630. The SMILES string of the molecule is C=C(CO)N1CCc2c(c3ccc(-n4ccc(-c5ccc(C(F)(F)F)cn5)cc4=O)cc3n2N=[N+]=[N-])C1. The number of aliphatic hydroxyl groups excluding tert-OH is 1. The van der Waals surface area contributed by atoms with Crippen LogP contribution in [0, 0.1) is 0 Å². The molecule has 0 amide bonds. The van der Waals surface area contributed by atoms with Crippen molar-refractivity contribution in [2.45, 2.75) is 19.1 Å². The Morgan fingerprint density at radius 3 is 2.68 bits per heavy atom. The molecule has 3 aromatic heterocycles. The highest BCUT2D eigenvalue weighted by molar-refractivity contribution is 5.87. The van der Waals surface area contributed by atoms with Gasteiger partial charge in [0.2, 0.25) is 0 Å². The Morgan fingerprint density at radius 1 is 1.22 bits per heavy atom. The molecule has 0 fully saturated rings. The number of hydrogen-bond acceptors (Lipinski definition) is 5. The summed E-state index contributed by atoms with van der Waals surface area (Å²) < 4.78 is 41.4. The normalized spacial score (nSPS) is 13.4. The van der Waals surface area contributed by atoms with Crippen molar-refractivity contribution in [3.05, 3.63) is 105 Å². The van der Waals surface area contributed by atoms with Crippen LogP contribution in [0.25, 0.3) is 38.3 Å². The van der Waals surface area contributed by atoms with Crippen molar-refractivity contribution >= 4 is 10.9 Å². The van der Waals surface area contributed by atoms with Crippen LogP contribution in [0.5, 0.6) is 0 Å². The zero-order valence-corrected chi connectivity index (χ0v) is 19.4. The van der Waals surface area contributed by atoms with Gasteiger partial charge in [0.15, 0.2) is 0 Å². The maximum absolute atomic E-state index is 13.0. The molecule has 0 saturated carbocycles. The van der Waals surface area contributed by atoms with Crippen molar-refractivity contribution in [2.75, 3.05) is 13.2 Å². The standard InChI is InChI=1S/C25H20F3N7O2/c1-15(14-36)33-8-7-22-20(13-33)19-4-3-18(11-23(19)35(22)32-31-29)34-9-6-16(10-24(34)37)21-5-2-17(12-30-21)25(26,27)28/h2-6,9-12,36H,1,7-8,13-14H2. The smallest absolute Gasteiger partial charge is 0.390 e. The van der Waals surface area contributed by atoms with Gasteiger partial charge in [0.1, 0.15) is 11.2 Å². The predicted octanol–water partition coefficient (Wildman–Crippen LogP) is 4.81. The van der Waals surface area contributed by atoms with Crippen LogP contribution in [0.2, 0.25) is 0 Å². The summed E-state index contributed by atoms with van der Waals surface area (Å²) in [5.41, 5.74) is 12.1. The Morgan fingerprint density at radius 2 is 2.03 bits per heavy atom. The van der Waals surface area contributed by atoms with Crippen molar-refractivity contribution in [3.63, 3.8) is 0 Å². The lowest BCUT2D eigenvalue weighted by Crippen LogP contribution is -2.31. The lowest BCUT2D eigenvalue weighted by Gasteiger charge is -2.29. The average Bonchev–Trinajstić information content (AvgIpc) is 3.20. The first-order chi connectivity index (χ1) is 17.7. The van der Waals surface area contributed by atoms with E-state index in [1.807, 2.05) is 11.0 Å². The zero-order chi connectivity index (χ0) is 26.3. The molecule has 5 rings (SSSR count). The molecule has 1 aliphatic heterocycles. The molecule has 37 heavy (non-hydrogen) atoms. The number of azide groups is 1. The minimum absolute atomic E-state index is 0.157. The van der Waals surface area contributed by atoms with Crippen LogP contribution in [0.15, 0.2) is 77.2 Å². The molecule has 0 atom stereocenters. The van der Waals surface area contributed by atoms with E-state index in [4.69, 9.17) is 5.53 Å². The van der Waals surface area contributed by atoms with Gasteiger partial charge in [-0.25, -0.2) is 0 Å². The second-order valence-electron chi connectivity index (χ2n) is 8.57. The first-order valence-corrected chi connectivity index (χ1v) is 11.2. The Labute approximate surface area is 207 Å². The molecule has 0 spiro atoms. The van der Waals surface area contributed by atoms with Crippen LogP contribution < -0.4 is 5.56 Å². The maximum atomic E-state index is 13.0. The zero-order valence-electron chi connectivity index (χ0n) is 19.4. The summed E-state index contributed by atoms with van der Waals surface area (Å²) in [4.78, 5) is 21.7. The fourth-order valence-electron chi connectivity index (χ4n) is 4.57. The number of aromatic nitrogens is 3. The van der Waals surface area contributed by atoms with Gasteiger partial charge < -0.3 is 10.0 Å². The highest BCUT2D eigenvalue weighted by Gasteiger charge is 2.31. The predicted molar refractivity (Wildman–Crippen MR) is 131 cm³/mol. The second-order valence-corrected chi connectivity index (χ2v) is 8.57. The van der Waals surface area contributed by atoms with Gasteiger partial charge in [0, 0.05) is 66.2 Å². The molecule has 0 saturated heterocycles. The Hall–Kier alpha value is -4.54. The summed E-state index contributed by atoms with van der Waals surface area (Å²) in [7, 11) is 0. The third-order valence-electron chi connectivity index (χ3n) is 6.45. The fraction of sp³-hybridized carbons (Fsp3) is 0.200. The monoisotopic (exact) mass is 507 g/mol. The fourth-order valence-corrected chi connectivity index (χ4v) is 4.57. The summed E-state index contributed by atoms with van der Waals surface area (Å²) >= 11 is 0. The largest absolute Gasteiger partial charge is 0.417 e. The lowest BCUT2D eigenvalue weighted by atomic mass is 10.0. The summed E-state index contributed by atoms with van der Waals surface area (Å²) in [6, 6.07) is 10.4. The summed E-state index contributed by atoms with van der Waals surface area (Å²) in [6.07, 6.45) is -1.67. The van der Waals surface area contributed by atoms with Gasteiger partial charge in [0.25, 0.3) is 5.56 Å². The van der Waals surface area contributed by atoms with Crippen molar-refractivity contribution in [2.24, 2.45) is 5.22 Å². The maximum Gasteiger partial charge on any atom is 0.417 e. The number of nitrogens with zero attached hydrogens (tertiary/aromatic N) is 7. The number of alkyl halides is 3. The number of halogens is 3. The van der Waals surface area contributed by atoms with Gasteiger partial charge in [-0.15, -0.1) is 5.53 Å². The van der Waals surface area contributed by atoms with Gasteiger partial charge >= 0.3 is 6.18 Å². The third-order valence-corrected chi connectivity index (χ3v) is 6.45. The Kier molecular flexibility index (Phi) is 5.98. The van der Waals surface area contributed by atoms with Crippen LogP contribution in [-0.2, 0) is 19.1 Å². The molecule has 0 unspecified atom stereocenters. The number of pyridine rings is 2. The van der Waals surface area contributed by atoms with Crippen LogP contribution in [0.3, 0.4) is 0 Å². The molecule has 4 heterocycles. The number of hydrogen-bond donors (Lipinski definition) is 1. The van der Waals surface area contributed by atoms with Crippen molar-refractivity contribution in [1.82, 2.24) is 19.1 Å². The highest BCUT2D eigenvalue weighted by Crippen LogP contribution is 2.33. The quantitative estimate of drug-likeness (QED) is 0.237. The van der Waals surface area contributed by atoms with Crippen LogP contribution in [-0.4, -0.2) is 37.4 Å². The third kappa shape index (κ3) is 4.32. The summed E-state index contributed by atoms with van der Waals surface area (Å²) in [5.74, 6) is 0. The van der Waals surface area contributed by atoms with Crippen LogP contribution in [0.4, 0.5) is 13.2 Å². The van der Waals surface area contributed by atoms with Crippen LogP contribution in [0.1, 0.15) is 16.8 Å². The van der Waals surface area contributed by atoms with Crippen molar-refractivity contribution in [3.8, 4) is 16.9 Å². The van der Waals surface area contributed by atoms with E-state index < -0.39 is 17.3 Å². The van der Waals surface area contributed by atoms with Gasteiger partial charge in [-0.1, -0.05) is 6.58 Å².